The predicted molar refractivity (Wildman–Crippen MR) is 43.8 cm³/mol. The lowest BCUT2D eigenvalue weighted by Crippen LogP contribution is -2.52. The van der Waals surface area contributed by atoms with Crippen LogP contribution < -0.4 is 0 Å². The highest BCUT2D eigenvalue weighted by atomic mass is 16.5. The average Bonchev–Trinajstić information content (AvgIpc) is 2.11. The third-order valence-corrected chi connectivity index (χ3v) is 2.04. The van der Waals surface area contributed by atoms with Gasteiger partial charge in [0, 0.05) is 0 Å². The van der Waals surface area contributed by atoms with Crippen molar-refractivity contribution in [3.63, 3.8) is 0 Å². The molecule has 0 aromatic carbocycles. The predicted octanol–water partition coefficient (Wildman–Crippen LogP) is -0.857. The first kappa shape index (κ1) is 10.1. The summed E-state index contributed by atoms with van der Waals surface area (Å²) in [5.41, 5.74) is 0. The van der Waals surface area contributed by atoms with E-state index in [1.165, 1.54) is 0 Å². The number of morpholine rings is 1. The third kappa shape index (κ3) is 2.05. The molecule has 1 saturated heterocycles. The molecule has 1 atom stereocenters. The molecule has 13 heavy (non-hydrogen) atoms. The van der Waals surface area contributed by atoms with Crippen LogP contribution in [0.3, 0.4) is 0 Å². The minimum Gasteiger partial charge on any atom is -0.394 e. The minimum atomic E-state index is -0.399. The second-order valence-electron chi connectivity index (χ2n) is 2.89. The number of aliphatic hydroxyl groups excluding tert-OH is 1. The lowest BCUT2D eigenvalue weighted by atomic mass is 10.2. The second-order valence-corrected chi connectivity index (χ2v) is 2.89. The Balaban J connectivity index is 2.72. The van der Waals surface area contributed by atoms with E-state index in [1.807, 2.05) is 6.92 Å². The van der Waals surface area contributed by atoms with E-state index in [-0.39, 0.29) is 31.6 Å². The van der Waals surface area contributed by atoms with Gasteiger partial charge in [-0.15, -0.1) is 0 Å². The lowest BCUT2D eigenvalue weighted by molar-refractivity contribution is -0.162. The Morgan fingerprint density at radius 1 is 1.46 bits per heavy atom. The van der Waals surface area contributed by atoms with E-state index in [0.717, 1.165) is 4.90 Å². The Bertz CT molecular complexity index is 196. The molecule has 5 heteroatoms. The fraction of sp³-hybridized carbons (Fsp3) is 0.750. The highest BCUT2D eigenvalue weighted by Gasteiger charge is 2.31. The summed E-state index contributed by atoms with van der Waals surface area (Å²) in [6.07, 6.45) is 0.563. The molecule has 74 valence electrons. The lowest BCUT2D eigenvalue weighted by Gasteiger charge is -2.30. The Kier molecular flexibility index (Phi) is 3.39. The molecular formula is C8H13NO4. The number of ether oxygens (including phenoxy) is 1. The summed E-state index contributed by atoms with van der Waals surface area (Å²) >= 11 is 0. The molecule has 0 aliphatic carbocycles. The summed E-state index contributed by atoms with van der Waals surface area (Å²) in [7, 11) is 0. The van der Waals surface area contributed by atoms with Crippen molar-refractivity contribution in [2.24, 2.45) is 0 Å². The summed E-state index contributed by atoms with van der Waals surface area (Å²) in [6.45, 7) is 1.50. The van der Waals surface area contributed by atoms with Gasteiger partial charge in [0.25, 0.3) is 11.8 Å². The van der Waals surface area contributed by atoms with Crippen molar-refractivity contribution >= 4 is 11.8 Å². The fourth-order valence-corrected chi connectivity index (χ4v) is 1.30. The zero-order valence-corrected chi connectivity index (χ0v) is 7.52. The second kappa shape index (κ2) is 4.34. The van der Waals surface area contributed by atoms with Gasteiger partial charge in [-0.25, -0.2) is 0 Å². The molecule has 0 aromatic rings. The molecule has 0 radical (unpaired) electrons. The highest BCUT2D eigenvalue weighted by Crippen LogP contribution is 2.09. The number of hydrogen-bond acceptors (Lipinski definition) is 4. The molecule has 0 spiro atoms. The van der Waals surface area contributed by atoms with Crippen LogP contribution in [-0.4, -0.2) is 47.7 Å². The van der Waals surface area contributed by atoms with E-state index in [1.54, 1.807) is 0 Å². The molecule has 0 unspecified atom stereocenters. The van der Waals surface area contributed by atoms with E-state index in [2.05, 4.69) is 0 Å². The molecule has 0 bridgehead atoms. The topological polar surface area (TPSA) is 66.8 Å². The molecule has 1 fully saturated rings. The van der Waals surface area contributed by atoms with Crippen molar-refractivity contribution < 1.29 is 19.4 Å². The smallest absolute Gasteiger partial charge is 0.255 e. The van der Waals surface area contributed by atoms with Gasteiger partial charge in [0.2, 0.25) is 0 Å². The Hall–Kier alpha value is -0.940. The van der Waals surface area contributed by atoms with Gasteiger partial charge in [-0.1, -0.05) is 6.92 Å². The maximum atomic E-state index is 11.2. The number of nitrogens with zero attached hydrogens (tertiary/aromatic N) is 1. The molecule has 1 N–H and O–H groups in total. The van der Waals surface area contributed by atoms with Gasteiger partial charge in [-0.05, 0) is 6.42 Å². The van der Waals surface area contributed by atoms with Crippen LogP contribution in [0.25, 0.3) is 0 Å². The number of imide groups is 1. The first-order valence-electron chi connectivity index (χ1n) is 4.24. The van der Waals surface area contributed by atoms with Gasteiger partial charge in [0.15, 0.2) is 0 Å². The van der Waals surface area contributed by atoms with Gasteiger partial charge in [0.1, 0.15) is 13.2 Å². The highest BCUT2D eigenvalue weighted by molar-refractivity contribution is 5.98. The van der Waals surface area contributed by atoms with Crippen LogP contribution in [0, 0.1) is 0 Å². The molecule has 0 aromatic heterocycles. The molecule has 1 aliphatic rings. The monoisotopic (exact) mass is 187 g/mol. The number of amides is 2. The quantitative estimate of drug-likeness (QED) is 0.584. The van der Waals surface area contributed by atoms with E-state index in [4.69, 9.17) is 9.84 Å². The van der Waals surface area contributed by atoms with Gasteiger partial charge in [-0.2, -0.15) is 0 Å². The SMILES string of the molecule is CC[C@H](CO)N1C(=O)COCC1=O. The molecule has 2 amide bonds. The number of rotatable bonds is 3. The molecule has 1 rings (SSSR count). The molecule has 5 nitrogen and oxygen atoms in total. The van der Waals surface area contributed by atoms with Gasteiger partial charge in [0.05, 0.1) is 12.6 Å². The largest absolute Gasteiger partial charge is 0.394 e. The van der Waals surface area contributed by atoms with Crippen molar-refractivity contribution in [2.45, 2.75) is 19.4 Å². The van der Waals surface area contributed by atoms with Crippen LogP contribution >= 0.6 is 0 Å². The first-order chi connectivity index (χ1) is 6.20. The van der Waals surface area contributed by atoms with E-state index in [0.29, 0.717) is 6.42 Å². The summed E-state index contributed by atoms with van der Waals surface area (Å²) < 4.78 is 4.74. The number of carbonyl (C=O) groups excluding carboxylic acids is 2. The van der Waals surface area contributed by atoms with Crippen molar-refractivity contribution in [1.29, 1.82) is 0 Å². The number of carbonyl (C=O) groups is 2. The maximum Gasteiger partial charge on any atom is 0.255 e. The normalized spacial score (nSPS) is 20.6. The van der Waals surface area contributed by atoms with Crippen LogP contribution in [0.4, 0.5) is 0 Å². The van der Waals surface area contributed by atoms with Crippen LogP contribution in [0.2, 0.25) is 0 Å². The van der Waals surface area contributed by atoms with Gasteiger partial charge < -0.3 is 9.84 Å². The summed E-state index contributed by atoms with van der Waals surface area (Å²) in [6, 6.07) is -0.399. The van der Waals surface area contributed by atoms with E-state index in [9.17, 15) is 9.59 Å². The fourth-order valence-electron chi connectivity index (χ4n) is 1.30. The Labute approximate surface area is 76.3 Å². The Morgan fingerprint density at radius 3 is 2.38 bits per heavy atom. The zero-order valence-electron chi connectivity index (χ0n) is 7.52. The van der Waals surface area contributed by atoms with Crippen molar-refractivity contribution in [3.05, 3.63) is 0 Å². The third-order valence-electron chi connectivity index (χ3n) is 2.04. The average molecular weight is 187 g/mol. The van der Waals surface area contributed by atoms with Crippen molar-refractivity contribution in [2.75, 3.05) is 19.8 Å². The molecule has 1 heterocycles. The van der Waals surface area contributed by atoms with Crippen molar-refractivity contribution in [3.8, 4) is 0 Å². The maximum absolute atomic E-state index is 11.2. The van der Waals surface area contributed by atoms with E-state index < -0.39 is 6.04 Å². The first-order valence-corrected chi connectivity index (χ1v) is 4.24. The summed E-state index contributed by atoms with van der Waals surface area (Å²) in [4.78, 5) is 23.6. The van der Waals surface area contributed by atoms with Gasteiger partial charge >= 0.3 is 0 Å². The van der Waals surface area contributed by atoms with E-state index >= 15 is 0 Å². The number of aliphatic hydroxyl groups is 1. The molecular weight excluding hydrogens is 174 g/mol. The number of hydrogen-bond donors (Lipinski definition) is 1. The summed E-state index contributed by atoms with van der Waals surface area (Å²) in [5.74, 6) is -0.727. The van der Waals surface area contributed by atoms with Gasteiger partial charge in [-0.3, -0.25) is 14.5 Å². The molecule has 1 aliphatic heterocycles. The van der Waals surface area contributed by atoms with Crippen LogP contribution in [0.1, 0.15) is 13.3 Å². The van der Waals surface area contributed by atoms with Crippen molar-refractivity contribution in [1.82, 2.24) is 4.90 Å². The van der Waals surface area contributed by atoms with Crippen LogP contribution in [0.5, 0.6) is 0 Å². The minimum absolute atomic E-state index is 0.0672. The molecule has 0 saturated carbocycles. The van der Waals surface area contributed by atoms with Crippen LogP contribution in [0.15, 0.2) is 0 Å². The van der Waals surface area contributed by atoms with Crippen LogP contribution in [-0.2, 0) is 14.3 Å². The summed E-state index contributed by atoms with van der Waals surface area (Å²) in [5, 5.41) is 8.93. The Morgan fingerprint density at radius 2 is 2.00 bits per heavy atom. The standard InChI is InChI=1S/C8H13NO4/c1-2-6(3-10)9-7(11)4-13-5-8(9)12/h6,10H,2-5H2,1H3/t6-/m1/s1. The zero-order chi connectivity index (χ0) is 9.84.